The molecule has 0 aromatic carbocycles. The van der Waals surface area contributed by atoms with E-state index in [4.69, 9.17) is 0 Å². The van der Waals surface area contributed by atoms with Crippen molar-refractivity contribution in [2.24, 2.45) is 7.05 Å². The number of H-pyrrole nitrogens is 1. The Morgan fingerprint density at radius 3 is 2.93 bits per heavy atom. The van der Waals surface area contributed by atoms with Gasteiger partial charge in [-0.25, -0.2) is 5.10 Å². The summed E-state index contributed by atoms with van der Waals surface area (Å²) in [5.41, 5.74) is 1.22. The highest BCUT2D eigenvalue weighted by Gasteiger charge is 1.97. The molecule has 6 heteroatoms. The summed E-state index contributed by atoms with van der Waals surface area (Å²) in [6, 6.07) is 1.43. The van der Waals surface area contributed by atoms with Crippen LogP contribution in [-0.2, 0) is 7.05 Å². The van der Waals surface area contributed by atoms with Gasteiger partial charge in [0.15, 0.2) is 0 Å². The van der Waals surface area contributed by atoms with Gasteiger partial charge in [-0.05, 0) is 0 Å². The average molecular weight is 191 g/mol. The van der Waals surface area contributed by atoms with Crippen molar-refractivity contribution in [2.75, 3.05) is 5.32 Å². The quantitative estimate of drug-likeness (QED) is 0.713. The standard InChI is InChI=1S/C8H9N5O/c1-13-5-7(4-10-13)11-6-2-8(14)12-9-3-6/h2-5H,1H3,(H2,11,12,14). The van der Waals surface area contributed by atoms with Crippen LogP contribution >= 0.6 is 0 Å². The van der Waals surface area contributed by atoms with Gasteiger partial charge in [0.25, 0.3) is 5.56 Å². The molecule has 0 aliphatic heterocycles. The summed E-state index contributed by atoms with van der Waals surface area (Å²) >= 11 is 0. The average Bonchev–Trinajstić information content (AvgIpc) is 2.51. The van der Waals surface area contributed by atoms with Crippen LogP contribution in [0.2, 0.25) is 0 Å². The lowest BCUT2D eigenvalue weighted by molar-refractivity contribution is 0.768. The first-order valence-electron chi connectivity index (χ1n) is 4.04. The molecule has 14 heavy (non-hydrogen) atoms. The number of nitrogens with zero attached hydrogens (tertiary/aromatic N) is 3. The van der Waals surface area contributed by atoms with E-state index < -0.39 is 0 Å². The molecule has 72 valence electrons. The molecule has 0 unspecified atom stereocenters. The fraction of sp³-hybridized carbons (Fsp3) is 0.125. The number of hydrogen-bond donors (Lipinski definition) is 2. The Labute approximate surface area is 79.6 Å². The van der Waals surface area contributed by atoms with Crippen molar-refractivity contribution in [2.45, 2.75) is 0 Å². The van der Waals surface area contributed by atoms with Crippen LogP contribution in [0.25, 0.3) is 0 Å². The predicted octanol–water partition coefficient (Wildman–Crippen LogP) is 0.247. The van der Waals surface area contributed by atoms with Gasteiger partial charge in [0, 0.05) is 19.3 Å². The zero-order chi connectivity index (χ0) is 9.97. The summed E-state index contributed by atoms with van der Waals surface area (Å²) in [5.74, 6) is 0. The van der Waals surface area contributed by atoms with Gasteiger partial charge in [-0.1, -0.05) is 0 Å². The Balaban J connectivity index is 2.23. The van der Waals surface area contributed by atoms with Crippen molar-refractivity contribution in [3.05, 3.63) is 35.0 Å². The fourth-order valence-electron chi connectivity index (χ4n) is 1.10. The smallest absolute Gasteiger partial charge is 0.266 e. The van der Waals surface area contributed by atoms with Crippen LogP contribution in [0.4, 0.5) is 11.4 Å². The maximum atomic E-state index is 10.9. The fourth-order valence-corrected chi connectivity index (χ4v) is 1.10. The molecule has 2 rings (SSSR count). The molecule has 0 aliphatic rings. The molecule has 0 aliphatic carbocycles. The second kappa shape index (κ2) is 3.33. The van der Waals surface area contributed by atoms with Gasteiger partial charge in [0.05, 0.1) is 23.8 Å². The minimum Gasteiger partial charge on any atom is -0.351 e. The number of hydrogen-bond acceptors (Lipinski definition) is 4. The third-order valence-electron chi connectivity index (χ3n) is 1.66. The lowest BCUT2D eigenvalue weighted by atomic mass is 10.4. The predicted molar refractivity (Wildman–Crippen MR) is 51.3 cm³/mol. The van der Waals surface area contributed by atoms with Crippen LogP contribution in [0.3, 0.4) is 0 Å². The van der Waals surface area contributed by atoms with Gasteiger partial charge < -0.3 is 5.32 Å². The van der Waals surface area contributed by atoms with Crippen LogP contribution < -0.4 is 10.9 Å². The number of aryl methyl sites for hydroxylation is 1. The Hall–Kier alpha value is -2.11. The molecular formula is C8H9N5O. The first kappa shape index (κ1) is 8.49. The summed E-state index contributed by atoms with van der Waals surface area (Å²) in [7, 11) is 1.82. The van der Waals surface area contributed by atoms with E-state index in [-0.39, 0.29) is 5.56 Å². The van der Waals surface area contributed by atoms with E-state index in [1.165, 1.54) is 12.3 Å². The lowest BCUT2D eigenvalue weighted by Gasteiger charge is -1.99. The highest BCUT2D eigenvalue weighted by atomic mass is 16.1. The van der Waals surface area contributed by atoms with Crippen molar-refractivity contribution in [1.29, 1.82) is 0 Å². The van der Waals surface area contributed by atoms with Crippen molar-refractivity contribution in [3.8, 4) is 0 Å². The molecule has 0 spiro atoms. The number of anilines is 2. The second-order valence-corrected chi connectivity index (χ2v) is 2.86. The van der Waals surface area contributed by atoms with Gasteiger partial charge in [0.2, 0.25) is 0 Å². The summed E-state index contributed by atoms with van der Waals surface area (Å²) in [4.78, 5) is 10.9. The zero-order valence-corrected chi connectivity index (χ0v) is 7.56. The van der Waals surface area contributed by atoms with Gasteiger partial charge in [0.1, 0.15) is 0 Å². The van der Waals surface area contributed by atoms with Crippen molar-refractivity contribution in [1.82, 2.24) is 20.0 Å². The molecule has 0 radical (unpaired) electrons. The largest absolute Gasteiger partial charge is 0.351 e. The van der Waals surface area contributed by atoms with Crippen LogP contribution in [-0.4, -0.2) is 20.0 Å². The van der Waals surface area contributed by atoms with Crippen molar-refractivity contribution < 1.29 is 0 Å². The molecule has 0 bridgehead atoms. The second-order valence-electron chi connectivity index (χ2n) is 2.86. The Kier molecular flexibility index (Phi) is 2.02. The first-order chi connectivity index (χ1) is 6.74. The number of nitrogens with one attached hydrogen (secondary N) is 2. The Bertz CT molecular complexity index is 486. The van der Waals surface area contributed by atoms with Crippen molar-refractivity contribution in [3.63, 3.8) is 0 Å². The summed E-state index contributed by atoms with van der Waals surface area (Å²) in [6.45, 7) is 0. The molecule has 2 heterocycles. The minimum atomic E-state index is -0.237. The SMILES string of the molecule is Cn1cc(Nc2cn[nH]c(=O)c2)cn1. The van der Waals surface area contributed by atoms with E-state index in [1.54, 1.807) is 17.1 Å². The monoisotopic (exact) mass is 191 g/mol. The highest BCUT2D eigenvalue weighted by molar-refractivity contribution is 5.55. The molecule has 2 aromatic heterocycles. The third-order valence-corrected chi connectivity index (χ3v) is 1.66. The topological polar surface area (TPSA) is 75.6 Å². The lowest BCUT2D eigenvalue weighted by Crippen LogP contribution is -2.06. The Morgan fingerprint density at radius 2 is 2.29 bits per heavy atom. The molecule has 0 saturated heterocycles. The summed E-state index contributed by atoms with van der Waals surface area (Å²) in [5, 5.41) is 12.9. The van der Waals surface area contributed by atoms with E-state index in [2.05, 4.69) is 20.6 Å². The van der Waals surface area contributed by atoms with Crippen LogP contribution in [0.1, 0.15) is 0 Å². The van der Waals surface area contributed by atoms with Gasteiger partial charge in [-0.15, -0.1) is 0 Å². The van der Waals surface area contributed by atoms with Gasteiger partial charge in [-0.3, -0.25) is 9.48 Å². The molecule has 0 atom stereocenters. The van der Waals surface area contributed by atoms with E-state index in [9.17, 15) is 4.79 Å². The maximum absolute atomic E-state index is 10.9. The number of aromatic nitrogens is 4. The number of aromatic amines is 1. The molecule has 0 fully saturated rings. The van der Waals surface area contributed by atoms with Gasteiger partial charge >= 0.3 is 0 Å². The van der Waals surface area contributed by atoms with E-state index in [0.717, 1.165) is 5.69 Å². The molecule has 2 aromatic rings. The highest BCUT2D eigenvalue weighted by Crippen LogP contribution is 2.11. The van der Waals surface area contributed by atoms with Crippen LogP contribution in [0.5, 0.6) is 0 Å². The molecule has 0 amide bonds. The van der Waals surface area contributed by atoms with Crippen LogP contribution in [0.15, 0.2) is 29.5 Å². The minimum absolute atomic E-state index is 0.237. The third kappa shape index (κ3) is 1.79. The van der Waals surface area contributed by atoms with E-state index in [1.807, 2.05) is 7.05 Å². The zero-order valence-electron chi connectivity index (χ0n) is 7.56. The molecule has 0 saturated carbocycles. The molecular weight excluding hydrogens is 182 g/mol. The van der Waals surface area contributed by atoms with E-state index in [0.29, 0.717) is 5.69 Å². The normalized spacial score (nSPS) is 10.1. The van der Waals surface area contributed by atoms with E-state index >= 15 is 0 Å². The van der Waals surface area contributed by atoms with Crippen LogP contribution in [0, 0.1) is 0 Å². The number of rotatable bonds is 2. The summed E-state index contributed by atoms with van der Waals surface area (Å²) < 4.78 is 1.67. The Morgan fingerprint density at radius 1 is 1.43 bits per heavy atom. The summed E-state index contributed by atoms with van der Waals surface area (Å²) in [6.07, 6.45) is 5.01. The first-order valence-corrected chi connectivity index (χ1v) is 4.04. The molecule has 2 N–H and O–H groups in total. The molecule has 6 nitrogen and oxygen atoms in total. The van der Waals surface area contributed by atoms with Crippen molar-refractivity contribution >= 4 is 11.4 Å². The van der Waals surface area contributed by atoms with Gasteiger partial charge in [-0.2, -0.15) is 10.2 Å². The maximum Gasteiger partial charge on any atom is 0.266 e.